The molecule has 1 aromatic heterocycles. The Morgan fingerprint density at radius 2 is 1.67 bits per heavy atom. The highest BCUT2D eigenvalue weighted by Gasteiger charge is 2.24. The lowest BCUT2D eigenvalue weighted by atomic mass is 10.1. The molecule has 0 saturated heterocycles. The Morgan fingerprint density at radius 3 is 2.23 bits per heavy atom. The number of carboxylic acid groups (broad SMARTS) is 1. The number of sulfonamides is 1. The molecule has 1 heterocycles. The van der Waals surface area contributed by atoms with Crippen molar-refractivity contribution in [1.29, 1.82) is 0 Å². The van der Waals surface area contributed by atoms with E-state index in [-0.39, 0.29) is 15.3 Å². The smallest absolute Gasteiger partial charge is 0.346 e. The average molecular weight is 466 g/mol. The predicted octanol–water partition coefficient (Wildman–Crippen LogP) is 3.77. The molecule has 0 aliphatic carbocycles. The van der Waals surface area contributed by atoms with Crippen LogP contribution in [0.5, 0.6) is 0 Å². The second kappa shape index (κ2) is 8.21. The van der Waals surface area contributed by atoms with Crippen LogP contribution in [0, 0.1) is 6.92 Å². The number of aryl methyl sites for hydroxylation is 1. The number of hydrogen-bond donors (Lipinski definition) is 2. The van der Waals surface area contributed by atoms with E-state index in [1.54, 1.807) is 55.5 Å². The molecule has 2 N–H and O–H groups in total. The van der Waals surface area contributed by atoms with Crippen molar-refractivity contribution < 1.29 is 26.7 Å². The van der Waals surface area contributed by atoms with E-state index in [1.165, 1.54) is 6.07 Å². The van der Waals surface area contributed by atoms with Gasteiger partial charge < -0.3 is 5.11 Å². The minimum absolute atomic E-state index is 0.0412. The number of rotatable bonds is 7. The van der Waals surface area contributed by atoms with Gasteiger partial charge in [-0.15, -0.1) is 11.3 Å². The molecule has 7 nitrogen and oxygen atoms in total. The maximum Gasteiger partial charge on any atom is 0.346 e. The summed E-state index contributed by atoms with van der Waals surface area (Å²) in [5.74, 6) is -1.62. The van der Waals surface area contributed by atoms with E-state index in [0.29, 0.717) is 21.7 Å². The van der Waals surface area contributed by atoms with Gasteiger partial charge in [0.25, 0.3) is 0 Å². The number of carbonyl (C=O) groups is 1. The van der Waals surface area contributed by atoms with Gasteiger partial charge in [0.15, 0.2) is 9.84 Å². The maximum atomic E-state index is 12.9. The topological polar surface area (TPSA) is 118 Å². The van der Waals surface area contributed by atoms with Crippen LogP contribution in [0.1, 0.15) is 20.8 Å². The van der Waals surface area contributed by atoms with Crippen LogP contribution in [-0.2, 0) is 25.6 Å². The minimum Gasteiger partial charge on any atom is -0.477 e. The van der Waals surface area contributed by atoms with E-state index >= 15 is 0 Å². The van der Waals surface area contributed by atoms with Gasteiger partial charge in [0.05, 0.1) is 16.9 Å². The zero-order valence-electron chi connectivity index (χ0n) is 16.1. The van der Waals surface area contributed by atoms with Gasteiger partial charge in [-0.3, -0.25) is 4.72 Å². The first-order chi connectivity index (χ1) is 14.0. The Balaban J connectivity index is 1.96. The van der Waals surface area contributed by atoms with Crippen molar-refractivity contribution in [3.63, 3.8) is 0 Å². The molecule has 0 bridgehead atoms. The van der Waals surface area contributed by atoms with Crippen LogP contribution in [0.15, 0.2) is 59.5 Å². The van der Waals surface area contributed by atoms with Gasteiger partial charge in [0, 0.05) is 10.6 Å². The third kappa shape index (κ3) is 5.07. The lowest BCUT2D eigenvalue weighted by Gasteiger charge is -2.07. The third-order valence-corrected chi connectivity index (χ3v) is 7.89. The molecule has 2 aromatic carbocycles. The van der Waals surface area contributed by atoms with Crippen molar-refractivity contribution in [2.75, 3.05) is 11.0 Å². The highest BCUT2D eigenvalue weighted by Crippen LogP contribution is 2.34. The summed E-state index contributed by atoms with van der Waals surface area (Å²) in [5.41, 5.74) is 1.84. The van der Waals surface area contributed by atoms with E-state index in [2.05, 4.69) is 4.72 Å². The number of sulfone groups is 1. The van der Waals surface area contributed by atoms with Crippen LogP contribution < -0.4 is 4.72 Å². The molecule has 158 valence electrons. The Hall–Kier alpha value is -2.69. The standard InChI is InChI=1S/C20H19NO6S3/c1-13-5-3-4-6-18(13)30(26,27)12-15-11-17(28-19(15)20(22)23)14-7-9-16(10-8-14)21-29(2,24)25/h3-11,21H,12H2,1-2H3,(H,22,23). The fourth-order valence-electron chi connectivity index (χ4n) is 2.96. The number of hydrogen-bond acceptors (Lipinski definition) is 6. The van der Waals surface area contributed by atoms with Crippen molar-refractivity contribution >= 4 is 42.9 Å². The molecule has 0 aliphatic heterocycles. The molecule has 10 heteroatoms. The highest BCUT2D eigenvalue weighted by atomic mass is 32.2. The van der Waals surface area contributed by atoms with Crippen molar-refractivity contribution in [3.05, 3.63) is 70.6 Å². The summed E-state index contributed by atoms with van der Waals surface area (Å²) in [6.07, 6.45) is 1.04. The van der Waals surface area contributed by atoms with Crippen LogP contribution in [0.4, 0.5) is 5.69 Å². The van der Waals surface area contributed by atoms with Gasteiger partial charge in [0.2, 0.25) is 10.0 Å². The molecule has 0 spiro atoms. The Kier molecular flexibility index (Phi) is 6.02. The van der Waals surface area contributed by atoms with Crippen LogP contribution in [0.2, 0.25) is 0 Å². The largest absolute Gasteiger partial charge is 0.477 e. The first-order valence-corrected chi connectivity index (χ1v) is 13.0. The van der Waals surface area contributed by atoms with Gasteiger partial charge in [-0.2, -0.15) is 0 Å². The van der Waals surface area contributed by atoms with E-state index in [1.807, 2.05) is 0 Å². The Bertz CT molecular complexity index is 1310. The summed E-state index contributed by atoms with van der Waals surface area (Å²) >= 11 is 0.977. The Labute approximate surface area is 179 Å². The number of anilines is 1. The molecule has 0 fully saturated rings. The molecule has 0 saturated carbocycles. The number of aromatic carboxylic acids is 1. The molecule has 0 atom stereocenters. The molecule has 0 amide bonds. The molecule has 3 aromatic rings. The zero-order chi connectivity index (χ0) is 22.1. The van der Waals surface area contributed by atoms with Crippen LogP contribution in [0.25, 0.3) is 10.4 Å². The number of thiophene rings is 1. The van der Waals surface area contributed by atoms with E-state index in [9.17, 15) is 26.7 Å². The van der Waals surface area contributed by atoms with E-state index in [4.69, 9.17) is 0 Å². The van der Waals surface area contributed by atoms with Crippen molar-refractivity contribution in [2.24, 2.45) is 0 Å². The number of carboxylic acids is 1. The second-order valence-corrected chi connectivity index (χ2v) is 11.5. The quantitative estimate of drug-likeness (QED) is 0.548. The van der Waals surface area contributed by atoms with Crippen molar-refractivity contribution in [1.82, 2.24) is 0 Å². The summed E-state index contributed by atoms with van der Waals surface area (Å²) in [7, 11) is -7.14. The van der Waals surface area contributed by atoms with Crippen LogP contribution in [0.3, 0.4) is 0 Å². The van der Waals surface area contributed by atoms with E-state index < -0.39 is 31.6 Å². The lowest BCUT2D eigenvalue weighted by Crippen LogP contribution is -2.09. The molecular weight excluding hydrogens is 446 g/mol. The molecular formula is C20H19NO6S3. The average Bonchev–Trinajstić information content (AvgIpc) is 3.04. The molecule has 30 heavy (non-hydrogen) atoms. The highest BCUT2D eigenvalue weighted by molar-refractivity contribution is 7.92. The summed E-state index contributed by atoms with van der Waals surface area (Å²) in [6, 6.07) is 14.5. The fraction of sp³-hybridized carbons (Fsp3) is 0.150. The van der Waals surface area contributed by atoms with Crippen molar-refractivity contribution in [3.8, 4) is 10.4 Å². The predicted molar refractivity (Wildman–Crippen MR) is 117 cm³/mol. The first-order valence-electron chi connectivity index (χ1n) is 8.69. The summed E-state index contributed by atoms with van der Waals surface area (Å²) in [4.78, 5) is 12.4. The molecule has 0 unspecified atom stereocenters. The van der Waals surface area contributed by atoms with Gasteiger partial charge in [-0.05, 0) is 47.9 Å². The molecule has 0 radical (unpaired) electrons. The van der Waals surface area contributed by atoms with Gasteiger partial charge in [-0.1, -0.05) is 30.3 Å². The Morgan fingerprint density at radius 1 is 1.03 bits per heavy atom. The van der Waals surface area contributed by atoms with Crippen LogP contribution >= 0.6 is 11.3 Å². The van der Waals surface area contributed by atoms with Crippen molar-refractivity contribution in [2.45, 2.75) is 17.6 Å². The normalized spacial score (nSPS) is 11.9. The molecule has 0 aliphatic rings. The van der Waals surface area contributed by atoms with Gasteiger partial charge >= 0.3 is 5.97 Å². The minimum atomic E-state index is -3.73. The van der Waals surface area contributed by atoms with Gasteiger partial charge in [0.1, 0.15) is 4.88 Å². The van der Waals surface area contributed by atoms with Crippen LogP contribution in [-0.4, -0.2) is 34.2 Å². The monoisotopic (exact) mass is 465 g/mol. The SMILES string of the molecule is Cc1ccccc1S(=O)(=O)Cc1cc(-c2ccc(NS(C)(=O)=O)cc2)sc1C(=O)O. The van der Waals surface area contributed by atoms with Gasteiger partial charge in [-0.25, -0.2) is 21.6 Å². The second-order valence-electron chi connectivity index (χ2n) is 6.75. The maximum absolute atomic E-state index is 12.9. The number of benzene rings is 2. The number of nitrogens with one attached hydrogen (secondary N) is 1. The summed E-state index contributed by atoms with van der Waals surface area (Å²) < 4.78 is 50.7. The third-order valence-electron chi connectivity index (χ3n) is 4.25. The summed E-state index contributed by atoms with van der Waals surface area (Å²) in [5, 5.41) is 9.56. The zero-order valence-corrected chi connectivity index (χ0v) is 18.6. The lowest BCUT2D eigenvalue weighted by molar-refractivity contribution is 0.0701. The van der Waals surface area contributed by atoms with E-state index in [0.717, 1.165) is 17.6 Å². The fourth-order valence-corrected chi connectivity index (χ4v) is 6.28. The first kappa shape index (κ1) is 22.0. The molecule has 3 rings (SSSR count). The summed E-state index contributed by atoms with van der Waals surface area (Å²) in [6.45, 7) is 1.69.